The van der Waals surface area contributed by atoms with E-state index < -0.39 is 17.9 Å². The molecule has 0 fully saturated rings. The first kappa shape index (κ1) is 15.0. The van der Waals surface area contributed by atoms with Gasteiger partial charge in [-0.1, -0.05) is 18.6 Å². The van der Waals surface area contributed by atoms with Crippen LogP contribution in [0.25, 0.3) is 11.0 Å². The molecule has 0 aliphatic heterocycles. The van der Waals surface area contributed by atoms with E-state index in [1.54, 1.807) is 22.9 Å². The van der Waals surface area contributed by atoms with Crippen molar-refractivity contribution in [2.45, 2.75) is 39.3 Å². The number of benzene rings is 1. The van der Waals surface area contributed by atoms with Crippen molar-refractivity contribution in [1.29, 1.82) is 0 Å². The average Bonchev–Trinajstić information content (AvgIpc) is 2.88. The fraction of sp³-hybridized carbons (Fsp3) is 0.429. The van der Waals surface area contributed by atoms with Crippen LogP contribution in [-0.4, -0.2) is 38.0 Å². The summed E-state index contributed by atoms with van der Waals surface area (Å²) in [6, 6.07) is 4.17. The Bertz CT molecular complexity index is 665. The van der Waals surface area contributed by atoms with E-state index in [4.69, 9.17) is 5.11 Å². The highest BCUT2D eigenvalue weighted by atomic mass is 16.4. The van der Waals surface area contributed by atoms with E-state index in [0.717, 1.165) is 5.52 Å². The number of fused-ring (bicyclic) bond motifs is 1. The van der Waals surface area contributed by atoms with Crippen LogP contribution in [0.3, 0.4) is 0 Å². The lowest BCUT2D eigenvalue weighted by Gasteiger charge is -2.13. The smallest absolute Gasteiger partial charge is 0.326 e. The van der Waals surface area contributed by atoms with Gasteiger partial charge in [-0.3, -0.25) is 4.79 Å². The van der Waals surface area contributed by atoms with Crippen LogP contribution >= 0.6 is 0 Å². The zero-order valence-corrected chi connectivity index (χ0v) is 12.0. The molecule has 0 bridgehead atoms. The van der Waals surface area contributed by atoms with Crippen LogP contribution < -0.4 is 5.32 Å². The summed E-state index contributed by atoms with van der Waals surface area (Å²) in [7, 11) is 0. The standard InChI is InChI=1S/C14H18N4O3/c1-3-5-10(14(20)21)15-13(19)9-6-7-12-11(8-9)16-17-18(12)4-2/h6-8,10H,3-5H2,1-2H3,(H,15,19)(H,20,21)/t10-/m1/s1. The predicted octanol–water partition coefficient (Wildman–Crippen LogP) is 1.43. The minimum absolute atomic E-state index is 0.382. The number of nitrogens with one attached hydrogen (secondary N) is 1. The average molecular weight is 290 g/mol. The van der Waals surface area contributed by atoms with Crippen LogP contribution in [0.15, 0.2) is 18.2 Å². The van der Waals surface area contributed by atoms with E-state index in [1.807, 2.05) is 13.8 Å². The van der Waals surface area contributed by atoms with Gasteiger partial charge < -0.3 is 10.4 Å². The lowest BCUT2D eigenvalue weighted by Crippen LogP contribution is -2.40. The van der Waals surface area contributed by atoms with Gasteiger partial charge in [0.2, 0.25) is 0 Å². The van der Waals surface area contributed by atoms with E-state index in [-0.39, 0.29) is 0 Å². The topological polar surface area (TPSA) is 97.1 Å². The fourth-order valence-corrected chi connectivity index (χ4v) is 2.13. The van der Waals surface area contributed by atoms with Gasteiger partial charge in [-0.25, -0.2) is 9.48 Å². The second-order valence-corrected chi connectivity index (χ2v) is 4.76. The number of aromatic nitrogens is 3. The molecule has 0 saturated heterocycles. The maximum atomic E-state index is 12.1. The van der Waals surface area contributed by atoms with Gasteiger partial charge in [0.05, 0.1) is 5.52 Å². The third-order valence-corrected chi connectivity index (χ3v) is 3.26. The second kappa shape index (κ2) is 6.34. The molecular formula is C14H18N4O3. The summed E-state index contributed by atoms with van der Waals surface area (Å²) in [5, 5.41) is 19.6. The Kier molecular flexibility index (Phi) is 4.52. The van der Waals surface area contributed by atoms with Crippen molar-refractivity contribution in [3.05, 3.63) is 23.8 Å². The number of carbonyl (C=O) groups excluding carboxylic acids is 1. The maximum absolute atomic E-state index is 12.1. The highest BCUT2D eigenvalue weighted by Gasteiger charge is 2.20. The number of hydrogen-bond donors (Lipinski definition) is 2. The highest BCUT2D eigenvalue weighted by molar-refractivity contribution is 5.99. The van der Waals surface area contributed by atoms with Gasteiger partial charge in [-0.15, -0.1) is 5.10 Å². The van der Waals surface area contributed by atoms with Gasteiger partial charge in [-0.05, 0) is 31.5 Å². The SMILES string of the molecule is CCC[C@@H](NC(=O)c1ccc2c(c1)nnn2CC)C(=O)O. The molecular weight excluding hydrogens is 272 g/mol. The molecule has 0 aliphatic carbocycles. The first-order chi connectivity index (χ1) is 10.1. The van der Waals surface area contributed by atoms with Gasteiger partial charge in [-0.2, -0.15) is 0 Å². The summed E-state index contributed by atoms with van der Waals surface area (Å²) in [6.07, 6.45) is 1.08. The van der Waals surface area contributed by atoms with Gasteiger partial charge in [0.1, 0.15) is 11.6 Å². The highest BCUT2D eigenvalue weighted by Crippen LogP contribution is 2.13. The van der Waals surface area contributed by atoms with Gasteiger partial charge in [0, 0.05) is 12.1 Å². The molecule has 1 atom stereocenters. The van der Waals surface area contributed by atoms with Crippen LogP contribution in [0, 0.1) is 0 Å². The zero-order valence-electron chi connectivity index (χ0n) is 12.0. The lowest BCUT2D eigenvalue weighted by molar-refractivity contribution is -0.139. The molecule has 1 heterocycles. The zero-order chi connectivity index (χ0) is 15.4. The number of amides is 1. The van der Waals surface area contributed by atoms with Crippen LogP contribution in [0.5, 0.6) is 0 Å². The minimum atomic E-state index is -1.02. The van der Waals surface area contributed by atoms with Crippen molar-refractivity contribution in [3.63, 3.8) is 0 Å². The van der Waals surface area contributed by atoms with Gasteiger partial charge in [0.25, 0.3) is 5.91 Å². The summed E-state index contributed by atoms with van der Waals surface area (Å²) in [6.45, 7) is 4.52. The molecule has 7 nitrogen and oxygen atoms in total. The molecule has 0 saturated carbocycles. The Morgan fingerprint density at radius 1 is 1.38 bits per heavy atom. The molecule has 1 amide bonds. The first-order valence-corrected chi connectivity index (χ1v) is 6.93. The summed E-state index contributed by atoms with van der Waals surface area (Å²) in [4.78, 5) is 23.2. The van der Waals surface area contributed by atoms with Gasteiger partial charge >= 0.3 is 5.97 Å². The molecule has 0 unspecified atom stereocenters. The van der Waals surface area contributed by atoms with Crippen LogP contribution in [0.1, 0.15) is 37.0 Å². The fourth-order valence-electron chi connectivity index (χ4n) is 2.13. The Labute approximate surface area is 121 Å². The molecule has 0 radical (unpaired) electrons. The van der Waals surface area contributed by atoms with Crippen molar-refractivity contribution in [3.8, 4) is 0 Å². The normalized spacial score (nSPS) is 12.3. The number of aliphatic carboxylic acids is 1. The third-order valence-electron chi connectivity index (χ3n) is 3.26. The molecule has 2 aromatic rings. The molecule has 0 aliphatic rings. The summed E-state index contributed by atoms with van der Waals surface area (Å²) in [5.74, 6) is -1.44. The Balaban J connectivity index is 2.21. The molecule has 7 heteroatoms. The number of aryl methyl sites for hydroxylation is 1. The molecule has 1 aromatic carbocycles. The van der Waals surface area contributed by atoms with Crippen molar-refractivity contribution < 1.29 is 14.7 Å². The predicted molar refractivity (Wildman–Crippen MR) is 77.0 cm³/mol. The summed E-state index contributed by atoms with van der Waals surface area (Å²) >= 11 is 0. The molecule has 112 valence electrons. The molecule has 0 spiro atoms. The van der Waals surface area contributed by atoms with Crippen LogP contribution in [0.4, 0.5) is 0 Å². The van der Waals surface area contributed by atoms with Crippen molar-refractivity contribution >= 4 is 22.9 Å². The Morgan fingerprint density at radius 2 is 2.14 bits per heavy atom. The number of hydrogen-bond acceptors (Lipinski definition) is 4. The first-order valence-electron chi connectivity index (χ1n) is 6.93. The van der Waals surface area contributed by atoms with E-state index in [1.165, 1.54) is 0 Å². The molecule has 21 heavy (non-hydrogen) atoms. The third kappa shape index (κ3) is 3.18. The Hall–Kier alpha value is -2.44. The summed E-state index contributed by atoms with van der Waals surface area (Å²) in [5.41, 5.74) is 1.84. The number of nitrogens with zero attached hydrogens (tertiary/aromatic N) is 3. The number of carbonyl (C=O) groups is 2. The largest absolute Gasteiger partial charge is 0.480 e. The van der Waals surface area contributed by atoms with E-state index in [2.05, 4.69) is 15.6 Å². The van der Waals surface area contributed by atoms with E-state index >= 15 is 0 Å². The van der Waals surface area contributed by atoms with Crippen LogP contribution in [0.2, 0.25) is 0 Å². The minimum Gasteiger partial charge on any atom is -0.480 e. The van der Waals surface area contributed by atoms with Crippen molar-refractivity contribution in [1.82, 2.24) is 20.3 Å². The molecule has 1 aromatic heterocycles. The quantitative estimate of drug-likeness (QED) is 0.839. The lowest BCUT2D eigenvalue weighted by atomic mass is 10.1. The number of carboxylic acid groups (broad SMARTS) is 1. The van der Waals surface area contributed by atoms with Crippen molar-refractivity contribution in [2.24, 2.45) is 0 Å². The monoisotopic (exact) mass is 290 g/mol. The summed E-state index contributed by atoms with van der Waals surface area (Å²) < 4.78 is 1.73. The molecule has 2 rings (SSSR count). The Morgan fingerprint density at radius 3 is 2.76 bits per heavy atom. The number of carboxylic acids is 1. The number of rotatable bonds is 6. The maximum Gasteiger partial charge on any atom is 0.326 e. The van der Waals surface area contributed by atoms with Crippen molar-refractivity contribution in [2.75, 3.05) is 0 Å². The van der Waals surface area contributed by atoms with Crippen LogP contribution in [-0.2, 0) is 11.3 Å². The van der Waals surface area contributed by atoms with E-state index in [9.17, 15) is 9.59 Å². The second-order valence-electron chi connectivity index (χ2n) is 4.76. The van der Waals surface area contributed by atoms with Gasteiger partial charge in [0.15, 0.2) is 0 Å². The molecule has 2 N–H and O–H groups in total. The van der Waals surface area contributed by atoms with E-state index in [0.29, 0.717) is 30.5 Å².